The molecule has 0 spiro atoms. The first-order chi connectivity index (χ1) is 14.2. The van der Waals surface area contributed by atoms with Gasteiger partial charge in [-0.25, -0.2) is 9.67 Å². The van der Waals surface area contributed by atoms with Gasteiger partial charge in [-0.2, -0.15) is 5.10 Å². The van der Waals surface area contributed by atoms with E-state index in [1.807, 2.05) is 0 Å². The van der Waals surface area contributed by atoms with E-state index in [1.54, 1.807) is 12.3 Å². The van der Waals surface area contributed by atoms with Gasteiger partial charge in [0.15, 0.2) is 5.69 Å². The molecule has 0 amide bonds. The summed E-state index contributed by atoms with van der Waals surface area (Å²) in [7, 11) is -1.27. The Morgan fingerprint density at radius 2 is 2.07 bits per heavy atom. The molecule has 164 valence electrons. The molecule has 0 aromatic carbocycles. The third kappa shape index (κ3) is 5.28. The summed E-state index contributed by atoms with van der Waals surface area (Å²) in [4.78, 5) is 17.5. The van der Waals surface area contributed by atoms with Crippen LogP contribution in [0.1, 0.15) is 0 Å². The molecule has 12 heteroatoms. The standard InChI is InChI=1S/C18H27ClN6O4Si/c1-30(2,3)9-8-29-12-24-15(16(25(26)27)17(19)22-24)14-10-13(11-21-18(14)20)23-4-6-28-7-5-23/h10-11H,4-9,12H2,1-3H3,(H2,20,21). The maximum Gasteiger partial charge on any atom is 0.334 e. The predicted octanol–water partition coefficient (Wildman–Crippen LogP) is 3.24. The zero-order valence-corrected chi connectivity index (χ0v) is 19.2. The van der Waals surface area contributed by atoms with Crippen LogP contribution in [0.15, 0.2) is 12.3 Å². The molecule has 0 aliphatic carbocycles. The molecule has 1 fully saturated rings. The van der Waals surface area contributed by atoms with E-state index in [0.29, 0.717) is 38.5 Å². The number of hydrogen-bond donors (Lipinski definition) is 1. The van der Waals surface area contributed by atoms with Crippen LogP contribution in [0.3, 0.4) is 0 Å². The lowest BCUT2D eigenvalue weighted by atomic mass is 10.1. The van der Waals surface area contributed by atoms with Crippen LogP contribution in [0.4, 0.5) is 17.2 Å². The molecule has 3 heterocycles. The number of aromatic nitrogens is 3. The molecule has 0 radical (unpaired) electrons. The number of morpholine rings is 1. The number of hydrogen-bond acceptors (Lipinski definition) is 8. The molecule has 0 atom stereocenters. The van der Waals surface area contributed by atoms with Gasteiger partial charge in [-0.1, -0.05) is 31.2 Å². The summed E-state index contributed by atoms with van der Waals surface area (Å²) in [6.45, 7) is 9.95. The number of halogens is 1. The second kappa shape index (κ2) is 9.29. The number of rotatable bonds is 8. The summed E-state index contributed by atoms with van der Waals surface area (Å²) in [6, 6.07) is 2.75. The van der Waals surface area contributed by atoms with Gasteiger partial charge in [-0.3, -0.25) is 10.1 Å². The first kappa shape index (κ1) is 22.5. The molecule has 1 saturated heterocycles. The Labute approximate surface area is 181 Å². The van der Waals surface area contributed by atoms with E-state index in [0.717, 1.165) is 11.7 Å². The van der Waals surface area contributed by atoms with Gasteiger partial charge < -0.3 is 20.1 Å². The second-order valence-electron chi connectivity index (χ2n) is 8.32. The Kier molecular flexibility index (Phi) is 6.96. The SMILES string of the molecule is C[Si](C)(C)CCOCn1nc(Cl)c([N+](=O)[O-])c1-c1cc(N2CCOCC2)cnc1N. The average molecular weight is 455 g/mol. The van der Waals surface area contributed by atoms with Crippen molar-refractivity contribution in [2.45, 2.75) is 32.4 Å². The minimum absolute atomic E-state index is 0.0363. The van der Waals surface area contributed by atoms with E-state index in [2.05, 4.69) is 34.6 Å². The molecule has 0 saturated carbocycles. The fraction of sp³-hybridized carbons (Fsp3) is 0.556. The average Bonchev–Trinajstić information content (AvgIpc) is 3.01. The smallest absolute Gasteiger partial charge is 0.334 e. The molecule has 10 nitrogen and oxygen atoms in total. The number of pyridine rings is 1. The van der Waals surface area contributed by atoms with Gasteiger partial charge >= 0.3 is 5.69 Å². The third-order valence-electron chi connectivity index (χ3n) is 4.81. The van der Waals surface area contributed by atoms with E-state index in [4.69, 9.17) is 26.8 Å². The highest BCUT2D eigenvalue weighted by atomic mass is 35.5. The monoisotopic (exact) mass is 454 g/mol. The van der Waals surface area contributed by atoms with Crippen LogP contribution in [0.5, 0.6) is 0 Å². The molecule has 2 aromatic heterocycles. The van der Waals surface area contributed by atoms with Crippen LogP contribution in [-0.2, 0) is 16.2 Å². The van der Waals surface area contributed by atoms with E-state index in [9.17, 15) is 10.1 Å². The van der Waals surface area contributed by atoms with Gasteiger partial charge in [0.1, 0.15) is 12.5 Å². The summed E-state index contributed by atoms with van der Waals surface area (Å²) in [5.74, 6) is 0.162. The minimum atomic E-state index is -1.27. The van der Waals surface area contributed by atoms with Crippen LogP contribution in [0.2, 0.25) is 30.8 Å². The summed E-state index contributed by atoms with van der Waals surface area (Å²) >= 11 is 6.11. The van der Waals surface area contributed by atoms with E-state index in [-0.39, 0.29) is 29.1 Å². The molecule has 1 aliphatic heterocycles. The quantitative estimate of drug-likeness (QED) is 0.279. The molecule has 0 bridgehead atoms. The summed E-state index contributed by atoms with van der Waals surface area (Å²) in [6.07, 6.45) is 1.66. The van der Waals surface area contributed by atoms with E-state index in [1.165, 1.54) is 4.68 Å². The lowest BCUT2D eigenvalue weighted by Gasteiger charge is -2.29. The van der Waals surface area contributed by atoms with Crippen molar-refractivity contribution in [3.63, 3.8) is 0 Å². The van der Waals surface area contributed by atoms with Crippen LogP contribution >= 0.6 is 11.6 Å². The van der Waals surface area contributed by atoms with Crippen molar-refractivity contribution in [1.82, 2.24) is 14.8 Å². The van der Waals surface area contributed by atoms with Crippen molar-refractivity contribution in [3.05, 3.63) is 27.5 Å². The van der Waals surface area contributed by atoms with Crippen LogP contribution in [-0.4, -0.2) is 60.7 Å². The first-order valence-electron chi connectivity index (χ1n) is 9.74. The molecular weight excluding hydrogens is 428 g/mol. The van der Waals surface area contributed by atoms with Gasteiger partial charge in [0.05, 0.1) is 35.6 Å². The molecule has 2 N–H and O–H groups in total. The van der Waals surface area contributed by atoms with E-state index < -0.39 is 13.0 Å². The number of nitrogens with two attached hydrogens (primary N) is 1. The fourth-order valence-corrected chi connectivity index (χ4v) is 4.13. The van der Waals surface area contributed by atoms with Crippen molar-refractivity contribution < 1.29 is 14.4 Å². The van der Waals surface area contributed by atoms with Gasteiger partial charge in [0, 0.05) is 27.8 Å². The highest BCUT2D eigenvalue weighted by Crippen LogP contribution is 2.39. The van der Waals surface area contributed by atoms with Crippen molar-refractivity contribution in [2.75, 3.05) is 43.5 Å². The van der Waals surface area contributed by atoms with Crippen LogP contribution in [0.25, 0.3) is 11.3 Å². The van der Waals surface area contributed by atoms with Gasteiger partial charge in [0.2, 0.25) is 5.15 Å². The molecule has 1 aliphatic rings. The molecule has 3 rings (SSSR count). The largest absolute Gasteiger partial charge is 0.383 e. The van der Waals surface area contributed by atoms with Gasteiger partial charge in [0.25, 0.3) is 0 Å². The van der Waals surface area contributed by atoms with Crippen molar-refractivity contribution in [3.8, 4) is 11.3 Å². The van der Waals surface area contributed by atoms with E-state index >= 15 is 0 Å². The number of ether oxygens (including phenoxy) is 2. The number of nitro groups is 1. The lowest BCUT2D eigenvalue weighted by Crippen LogP contribution is -2.36. The van der Waals surface area contributed by atoms with Crippen LogP contribution < -0.4 is 10.6 Å². The Balaban J connectivity index is 1.96. The lowest BCUT2D eigenvalue weighted by molar-refractivity contribution is -0.384. The highest BCUT2D eigenvalue weighted by molar-refractivity contribution is 6.76. The molecule has 30 heavy (non-hydrogen) atoms. The van der Waals surface area contributed by atoms with Gasteiger partial charge in [-0.15, -0.1) is 0 Å². The zero-order chi connectivity index (χ0) is 21.9. The van der Waals surface area contributed by atoms with Crippen molar-refractivity contribution >= 4 is 36.9 Å². The van der Waals surface area contributed by atoms with Gasteiger partial charge in [-0.05, 0) is 12.1 Å². The minimum Gasteiger partial charge on any atom is -0.383 e. The fourth-order valence-electron chi connectivity index (χ4n) is 3.12. The Morgan fingerprint density at radius 3 is 2.70 bits per heavy atom. The topological polar surface area (TPSA) is 122 Å². The van der Waals surface area contributed by atoms with Crippen LogP contribution in [0, 0.1) is 10.1 Å². The maximum atomic E-state index is 11.7. The summed E-state index contributed by atoms with van der Waals surface area (Å²) in [5, 5.41) is 15.7. The molecule has 2 aromatic rings. The number of nitrogen functional groups attached to an aromatic ring is 1. The van der Waals surface area contributed by atoms with Crippen molar-refractivity contribution in [2.24, 2.45) is 0 Å². The predicted molar refractivity (Wildman–Crippen MR) is 119 cm³/mol. The number of anilines is 2. The summed E-state index contributed by atoms with van der Waals surface area (Å²) in [5.41, 5.74) is 7.21. The Hall–Kier alpha value is -2.21. The Morgan fingerprint density at radius 1 is 1.37 bits per heavy atom. The molecular formula is C18H27ClN6O4Si. The second-order valence-corrected chi connectivity index (χ2v) is 14.3. The zero-order valence-electron chi connectivity index (χ0n) is 17.4. The molecule has 0 unspecified atom stereocenters. The highest BCUT2D eigenvalue weighted by Gasteiger charge is 2.30. The van der Waals surface area contributed by atoms with Crippen molar-refractivity contribution in [1.29, 1.82) is 0 Å². The number of nitrogens with zero attached hydrogens (tertiary/aromatic N) is 5. The normalized spacial score (nSPS) is 14.9. The third-order valence-corrected chi connectivity index (χ3v) is 6.77. The summed E-state index contributed by atoms with van der Waals surface area (Å²) < 4.78 is 12.5. The maximum absolute atomic E-state index is 11.7. The first-order valence-corrected chi connectivity index (χ1v) is 13.8. The Bertz CT molecular complexity index is 911.